The van der Waals surface area contributed by atoms with E-state index in [2.05, 4.69) is 29.4 Å². The molecule has 3 heteroatoms. The zero-order valence-electron chi connectivity index (χ0n) is 20.2. The van der Waals surface area contributed by atoms with Crippen molar-refractivity contribution < 1.29 is 5.11 Å². The first-order valence-corrected chi connectivity index (χ1v) is 13.5. The Morgan fingerprint density at radius 1 is 0.733 bits per heavy atom. The predicted octanol–water partition coefficient (Wildman–Crippen LogP) is 7.73. The van der Waals surface area contributed by atoms with Crippen LogP contribution in [0.2, 0.25) is 0 Å². The molecule has 0 saturated heterocycles. The number of aliphatic imine (C=N–C) groups is 1. The average Bonchev–Trinajstić information content (AvgIpc) is 3.30. The van der Waals surface area contributed by atoms with Gasteiger partial charge in [0.05, 0.1) is 6.54 Å². The number of aliphatic hydroxyl groups is 1. The minimum atomic E-state index is -0.358. The van der Waals surface area contributed by atoms with Crippen molar-refractivity contribution in [2.45, 2.75) is 141 Å². The molecule has 1 aliphatic heterocycles. The van der Waals surface area contributed by atoms with Crippen molar-refractivity contribution in [2.75, 3.05) is 13.1 Å². The summed E-state index contributed by atoms with van der Waals surface area (Å²) in [5, 5.41) is 13.2. The van der Waals surface area contributed by atoms with Crippen LogP contribution in [0.15, 0.2) is 17.1 Å². The van der Waals surface area contributed by atoms with Gasteiger partial charge in [0.25, 0.3) is 0 Å². The molecule has 1 aliphatic rings. The van der Waals surface area contributed by atoms with Gasteiger partial charge in [-0.3, -0.25) is 4.99 Å². The number of allylic oxidation sites excluding steroid dienone is 2. The summed E-state index contributed by atoms with van der Waals surface area (Å²) in [7, 11) is 0. The topological polar surface area (TPSA) is 44.6 Å². The zero-order valence-corrected chi connectivity index (χ0v) is 20.2. The van der Waals surface area contributed by atoms with Crippen LogP contribution >= 0.6 is 0 Å². The standard InChI is InChI=1S/C27H52N2O/c1-2-3-4-5-6-7-8-9-10-11-12-13-14-15-16-17-18-19-20-21-22-23-26(30)27-28-24-25-29-27/h9-10,26,30H,2-8,11-25H2,1H3,(H,28,29)/b10-9-. The maximum atomic E-state index is 10.0. The predicted molar refractivity (Wildman–Crippen MR) is 133 cm³/mol. The van der Waals surface area contributed by atoms with Gasteiger partial charge in [0.15, 0.2) is 0 Å². The van der Waals surface area contributed by atoms with E-state index in [9.17, 15) is 5.11 Å². The second-order valence-corrected chi connectivity index (χ2v) is 9.20. The SMILES string of the molecule is CCCCCCCC/C=C\CCCCCCCCCCCCCC(O)C1=NCCN1. The largest absolute Gasteiger partial charge is 0.385 e. The Bertz CT molecular complexity index is 419. The lowest BCUT2D eigenvalue weighted by Crippen LogP contribution is -2.31. The molecule has 176 valence electrons. The minimum absolute atomic E-state index is 0.358. The smallest absolute Gasteiger partial charge is 0.126 e. The molecule has 0 aliphatic carbocycles. The Morgan fingerprint density at radius 3 is 1.67 bits per heavy atom. The monoisotopic (exact) mass is 420 g/mol. The van der Waals surface area contributed by atoms with Crippen LogP contribution in [0, 0.1) is 0 Å². The van der Waals surface area contributed by atoms with E-state index in [4.69, 9.17) is 0 Å². The molecule has 1 rings (SSSR count). The van der Waals surface area contributed by atoms with E-state index in [1.54, 1.807) is 0 Å². The van der Waals surface area contributed by atoms with Crippen LogP contribution in [0.5, 0.6) is 0 Å². The molecule has 0 aromatic rings. The van der Waals surface area contributed by atoms with E-state index in [-0.39, 0.29) is 6.10 Å². The summed E-state index contributed by atoms with van der Waals surface area (Å²) >= 11 is 0. The summed E-state index contributed by atoms with van der Waals surface area (Å²) in [6.45, 7) is 4.00. The minimum Gasteiger partial charge on any atom is -0.385 e. The maximum Gasteiger partial charge on any atom is 0.126 e. The zero-order chi connectivity index (χ0) is 21.5. The van der Waals surface area contributed by atoms with Crippen LogP contribution in [-0.4, -0.2) is 30.1 Å². The molecular formula is C27H52N2O. The van der Waals surface area contributed by atoms with Gasteiger partial charge < -0.3 is 10.4 Å². The third-order valence-electron chi connectivity index (χ3n) is 6.26. The molecule has 1 atom stereocenters. The number of rotatable bonds is 22. The van der Waals surface area contributed by atoms with Gasteiger partial charge in [-0.15, -0.1) is 0 Å². The number of hydrogen-bond donors (Lipinski definition) is 2. The normalized spacial score (nSPS) is 14.9. The van der Waals surface area contributed by atoms with Crippen molar-refractivity contribution in [3.63, 3.8) is 0 Å². The number of unbranched alkanes of at least 4 members (excludes halogenated alkanes) is 17. The summed E-state index contributed by atoms with van der Waals surface area (Å²) < 4.78 is 0. The van der Waals surface area contributed by atoms with E-state index < -0.39 is 0 Å². The number of nitrogens with one attached hydrogen (secondary N) is 1. The highest BCUT2D eigenvalue weighted by molar-refractivity contribution is 5.87. The summed E-state index contributed by atoms with van der Waals surface area (Å²) in [5.41, 5.74) is 0. The van der Waals surface area contributed by atoms with Crippen molar-refractivity contribution >= 4 is 5.84 Å². The second-order valence-electron chi connectivity index (χ2n) is 9.20. The van der Waals surface area contributed by atoms with Crippen LogP contribution in [0.25, 0.3) is 0 Å². The molecule has 30 heavy (non-hydrogen) atoms. The molecule has 0 bridgehead atoms. The lowest BCUT2D eigenvalue weighted by atomic mass is 10.0. The van der Waals surface area contributed by atoms with Gasteiger partial charge in [0.1, 0.15) is 11.9 Å². The summed E-state index contributed by atoms with van der Waals surface area (Å²) in [4.78, 5) is 4.29. The quantitative estimate of drug-likeness (QED) is 0.139. The van der Waals surface area contributed by atoms with E-state index in [1.807, 2.05) is 0 Å². The van der Waals surface area contributed by atoms with Crippen LogP contribution < -0.4 is 5.32 Å². The van der Waals surface area contributed by atoms with Crippen LogP contribution in [-0.2, 0) is 0 Å². The Labute approximate surface area is 188 Å². The third-order valence-corrected chi connectivity index (χ3v) is 6.26. The fourth-order valence-corrected chi connectivity index (χ4v) is 4.25. The van der Waals surface area contributed by atoms with Gasteiger partial charge in [-0.1, -0.05) is 115 Å². The molecule has 0 amide bonds. The highest BCUT2D eigenvalue weighted by Crippen LogP contribution is 2.14. The van der Waals surface area contributed by atoms with Gasteiger partial charge >= 0.3 is 0 Å². The fourth-order valence-electron chi connectivity index (χ4n) is 4.25. The van der Waals surface area contributed by atoms with Crippen molar-refractivity contribution in [2.24, 2.45) is 4.99 Å². The summed E-state index contributed by atoms with van der Waals surface area (Å²) in [6.07, 6.45) is 31.2. The summed E-state index contributed by atoms with van der Waals surface area (Å²) in [6, 6.07) is 0. The molecule has 1 unspecified atom stereocenters. The van der Waals surface area contributed by atoms with Crippen molar-refractivity contribution in [3.8, 4) is 0 Å². The van der Waals surface area contributed by atoms with E-state index in [1.165, 1.54) is 116 Å². The highest BCUT2D eigenvalue weighted by Gasteiger charge is 2.14. The first-order valence-electron chi connectivity index (χ1n) is 13.5. The Kier molecular flexibility index (Phi) is 19.4. The number of aliphatic hydroxyl groups excluding tert-OH is 1. The van der Waals surface area contributed by atoms with Crippen molar-refractivity contribution in [3.05, 3.63) is 12.2 Å². The molecule has 0 saturated carbocycles. The van der Waals surface area contributed by atoms with Crippen molar-refractivity contribution in [1.29, 1.82) is 0 Å². The molecule has 0 spiro atoms. The Hall–Kier alpha value is -0.830. The number of nitrogens with zero attached hydrogens (tertiary/aromatic N) is 1. The van der Waals surface area contributed by atoms with Gasteiger partial charge in [-0.2, -0.15) is 0 Å². The molecule has 0 aromatic heterocycles. The van der Waals surface area contributed by atoms with E-state index in [0.29, 0.717) is 0 Å². The van der Waals surface area contributed by atoms with Crippen LogP contribution in [0.4, 0.5) is 0 Å². The molecule has 2 N–H and O–H groups in total. The molecule has 0 fully saturated rings. The average molecular weight is 421 g/mol. The lowest BCUT2D eigenvalue weighted by molar-refractivity contribution is 0.223. The lowest BCUT2D eigenvalue weighted by Gasteiger charge is -2.10. The van der Waals surface area contributed by atoms with Gasteiger partial charge in [0.2, 0.25) is 0 Å². The van der Waals surface area contributed by atoms with Crippen LogP contribution in [0.1, 0.15) is 135 Å². The van der Waals surface area contributed by atoms with Gasteiger partial charge in [-0.05, 0) is 32.1 Å². The first kappa shape index (κ1) is 27.2. The maximum absolute atomic E-state index is 10.0. The van der Waals surface area contributed by atoms with Gasteiger partial charge in [0, 0.05) is 6.54 Å². The van der Waals surface area contributed by atoms with E-state index in [0.717, 1.165) is 31.8 Å². The first-order chi connectivity index (χ1) is 14.8. The summed E-state index contributed by atoms with van der Waals surface area (Å²) in [5.74, 6) is 0.819. The third kappa shape index (κ3) is 16.9. The Balaban J connectivity index is 1.70. The van der Waals surface area contributed by atoms with Crippen molar-refractivity contribution in [1.82, 2.24) is 5.32 Å². The Morgan fingerprint density at radius 2 is 1.20 bits per heavy atom. The molecule has 0 aromatic carbocycles. The number of hydrogen-bond acceptors (Lipinski definition) is 3. The highest BCUT2D eigenvalue weighted by atomic mass is 16.3. The molecule has 0 radical (unpaired) electrons. The number of amidine groups is 1. The fraction of sp³-hybridized carbons (Fsp3) is 0.889. The molecule has 1 heterocycles. The molecular weight excluding hydrogens is 368 g/mol. The second kappa shape index (κ2) is 21.4. The van der Waals surface area contributed by atoms with Crippen LogP contribution in [0.3, 0.4) is 0 Å². The molecule has 3 nitrogen and oxygen atoms in total. The van der Waals surface area contributed by atoms with E-state index >= 15 is 0 Å². The van der Waals surface area contributed by atoms with Gasteiger partial charge in [-0.25, -0.2) is 0 Å².